The Labute approximate surface area is 204 Å². The van der Waals surface area contributed by atoms with Gasteiger partial charge in [0, 0.05) is 18.0 Å². The number of nitrogens with two attached hydrogens (primary N) is 1. The van der Waals surface area contributed by atoms with Crippen LogP contribution in [-0.4, -0.2) is 15.1 Å². The number of amides is 1. The lowest BCUT2D eigenvalue weighted by molar-refractivity contribution is 0.102. The topological polar surface area (TPSA) is 109 Å². The second-order valence-electron chi connectivity index (χ2n) is 8.45. The summed E-state index contributed by atoms with van der Waals surface area (Å²) in [7, 11) is -3.28. The van der Waals surface area contributed by atoms with Crippen LogP contribution >= 0.6 is 0 Å². The fourth-order valence-electron chi connectivity index (χ4n) is 3.52. The van der Waals surface area contributed by atoms with Crippen molar-refractivity contribution in [2.24, 2.45) is 0 Å². The standard InChI is InChI=1S/C27H25FN4O2S/c1-17(2)21-13-24(16-31-15-21)35(30,34)23-10-5-19(6-11-23)27(33)32-26-14-20(7-12-25(26)29)18-3-8-22(28)9-4-18/h3-17,30H,29H2,1-2H3,(H,32,33). The molecule has 1 unspecified atom stereocenters. The highest BCUT2D eigenvalue weighted by Gasteiger charge is 2.17. The van der Waals surface area contributed by atoms with E-state index in [1.54, 1.807) is 42.6 Å². The van der Waals surface area contributed by atoms with Crippen LogP contribution in [0.4, 0.5) is 15.8 Å². The predicted octanol–water partition coefficient (Wildman–Crippen LogP) is 6.31. The zero-order chi connectivity index (χ0) is 25.2. The van der Waals surface area contributed by atoms with Gasteiger partial charge in [0.05, 0.1) is 21.2 Å². The average Bonchev–Trinajstić information content (AvgIpc) is 2.86. The summed E-state index contributed by atoms with van der Waals surface area (Å²) in [5.74, 6) is -0.543. The molecule has 4 rings (SSSR count). The first kappa shape index (κ1) is 24.1. The lowest BCUT2D eigenvalue weighted by Gasteiger charge is -2.13. The molecule has 8 heteroatoms. The van der Waals surface area contributed by atoms with Crippen LogP contribution < -0.4 is 11.1 Å². The van der Waals surface area contributed by atoms with Gasteiger partial charge in [0.2, 0.25) is 0 Å². The van der Waals surface area contributed by atoms with E-state index in [2.05, 4.69) is 10.3 Å². The first-order chi connectivity index (χ1) is 16.6. The molecule has 6 nitrogen and oxygen atoms in total. The minimum atomic E-state index is -3.28. The molecule has 0 aliphatic heterocycles. The van der Waals surface area contributed by atoms with Gasteiger partial charge in [0.25, 0.3) is 5.91 Å². The number of hydrogen-bond donors (Lipinski definition) is 3. The van der Waals surface area contributed by atoms with Crippen LogP contribution in [0.3, 0.4) is 0 Å². The first-order valence-corrected chi connectivity index (χ1v) is 12.5. The van der Waals surface area contributed by atoms with Gasteiger partial charge in [-0.2, -0.15) is 0 Å². The third kappa shape index (κ3) is 5.22. The summed E-state index contributed by atoms with van der Waals surface area (Å²) in [5.41, 5.74) is 9.64. The van der Waals surface area contributed by atoms with Crippen LogP contribution in [0, 0.1) is 10.6 Å². The lowest BCUT2D eigenvalue weighted by atomic mass is 10.0. The number of nitrogens with zero attached hydrogens (tertiary/aromatic N) is 1. The number of nitrogens with one attached hydrogen (secondary N) is 2. The van der Waals surface area contributed by atoms with Crippen molar-refractivity contribution in [2.45, 2.75) is 29.6 Å². The summed E-state index contributed by atoms with van der Waals surface area (Å²) in [4.78, 5) is 17.6. The highest BCUT2D eigenvalue weighted by Crippen LogP contribution is 2.29. The van der Waals surface area contributed by atoms with E-state index < -0.39 is 15.6 Å². The Morgan fingerprint density at radius 1 is 0.943 bits per heavy atom. The minimum Gasteiger partial charge on any atom is -0.397 e. The monoisotopic (exact) mass is 488 g/mol. The SMILES string of the molecule is CC(C)c1cncc(S(=N)(=O)c2ccc(C(=O)Nc3cc(-c4ccc(F)cc4)ccc3N)cc2)c1. The Hall–Kier alpha value is -4.04. The van der Waals surface area contributed by atoms with Gasteiger partial charge in [0.1, 0.15) is 15.5 Å². The molecule has 1 atom stereocenters. The van der Waals surface area contributed by atoms with Crippen LogP contribution in [0.15, 0.2) is 95.0 Å². The lowest BCUT2D eigenvalue weighted by Crippen LogP contribution is -2.13. The molecule has 4 aromatic rings. The number of benzene rings is 3. The van der Waals surface area contributed by atoms with Crippen LogP contribution in [0.2, 0.25) is 0 Å². The van der Waals surface area contributed by atoms with Gasteiger partial charge in [-0.25, -0.2) is 13.4 Å². The van der Waals surface area contributed by atoms with Crippen molar-refractivity contribution < 1.29 is 13.4 Å². The molecule has 0 aliphatic carbocycles. The number of anilines is 2. The van der Waals surface area contributed by atoms with E-state index in [1.165, 1.54) is 42.6 Å². The molecular formula is C27H25FN4O2S. The van der Waals surface area contributed by atoms with Crippen molar-refractivity contribution in [3.8, 4) is 11.1 Å². The maximum Gasteiger partial charge on any atom is 0.255 e. The Morgan fingerprint density at radius 3 is 2.26 bits per heavy atom. The van der Waals surface area contributed by atoms with Gasteiger partial charge in [-0.3, -0.25) is 9.78 Å². The molecule has 0 bridgehead atoms. The van der Waals surface area contributed by atoms with E-state index in [4.69, 9.17) is 10.5 Å². The minimum absolute atomic E-state index is 0.192. The number of aromatic nitrogens is 1. The number of hydrogen-bond acceptors (Lipinski definition) is 5. The van der Waals surface area contributed by atoms with Crippen LogP contribution in [0.5, 0.6) is 0 Å². The molecule has 3 aromatic carbocycles. The van der Waals surface area contributed by atoms with Crippen molar-refractivity contribution in [3.05, 3.63) is 102 Å². The fourth-order valence-corrected chi connectivity index (χ4v) is 4.83. The van der Waals surface area contributed by atoms with Gasteiger partial charge < -0.3 is 11.1 Å². The Balaban J connectivity index is 1.55. The quantitative estimate of drug-likeness (QED) is 0.276. The maximum absolute atomic E-state index is 13.3. The van der Waals surface area contributed by atoms with Crippen molar-refractivity contribution in [2.75, 3.05) is 11.1 Å². The van der Waals surface area contributed by atoms with Gasteiger partial charge in [0.15, 0.2) is 0 Å². The molecule has 178 valence electrons. The smallest absolute Gasteiger partial charge is 0.255 e. The van der Waals surface area contributed by atoms with Gasteiger partial charge in [-0.1, -0.05) is 32.0 Å². The van der Waals surface area contributed by atoms with Gasteiger partial charge in [-0.15, -0.1) is 0 Å². The predicted molar refractivity (Wildman–Crippen MR) is 136 cm³/mol. The number of pyridine rings is 1. The average molecular weight is 489 g/mol. The third-order valence-electron chi connectivity index (χ3n) is 5.66. The summed E-state index contributed by atoms with van der Waals surface area (Å²) in [6.45, 7) is 4.00. The molecule has 0 spiro atoms. The number of nitrogen functional groups attached to an aromatic ring is 1. The molecule has 1 aromatic heterocycles. The van der Waals surface area contributed by atoms with Gasteiger partial charge in [-0.05, 0) is 77.2 Å². The number of halogens is 1. The van der Waals surface area contributed by atoms with Crippen molar-refractivity contribution in [1.82, 2.24) is 4.98 Å². The highest BCUT2D eigenvalue weighted by molar-refractivity contribution is 7.92. The van der Waals surface area contributed by atoms with Crippen LogP contribution in [0.25, 0.3) is 11.1 Å². The molecule has 35 heavy (non-hydrogen) atoms. The Morgan fingerprint density at radius 2 is 1.60 bits per heavy atom. The first-order valence-electron chi connectivity index (χ1n) is 11.0. The molecule has 0 fully saturated rings. The summed E-state index contributed by atoms with van der Waals surface area (Å²) < 4.78 is 35.0. The molecule has 0 radical (unpaired) electrons. The number of rotatable bonds is 6. The Bertz CT molecular complexity index is 1480. The third-order valence-corrected chi connectivity index (χ3v) is 7.48. The van der Waals surface area contributed by atoms with Gasteiger partial charge >= 0.3 is 0 Å². The van der Waals surface area contributed by atoms with E-state index in [-0.39, 0.29) is 16.6 Å². The molecule has 1 heterocycles. The fraction of sp³-hybridized carbons (Fsp3) is 0.111. The number of carbonyl (C=O) groups is 1. The second-order valence-corrected chi connectivity index (χ2v) is 10.5. The summed E-state index contributed by atoms with van der Waals surface area (Å²) in [6.07, 6.45) is 3.15. The van der Waals surface area contributed by atoms with Crippen LogP contribution in [-0.2, 0) is 9.73 Å². The van der Waals surface area contributed by atoms with E-state index in [1.807, 2.05) is 13.8 Å². The molecule has 4 N–H and O–H groups in total. The van der Waals surface area contributed by atoms with Crippen molar-refractivity contribution in [3.63, 3.8) is 0 Å². The second kappa shape index (κ2) is 9.68. The zero-order valence-corrected chi connectivity index (χ0v) is 20.1. The maximum atomic E-state index is 13.3. The van der Waals surface area contributed by atoms with E-state index in [0.29, 0.717) is 21.8 Å². The van der Waals surface area contributed by atoms with E-state index >= 15 is 0 Å². The molecule has 0 saturated heterocycles. The normalized spacial score (nSPS) is 12.8. The highest BCUT2D eigenvalue weighted by atomic mass is 32.2. The molecule has 0 saturated carbocycles. The molecule has 0 aliphatic rings. The largest absolute Gasteiger partial charge is 0.397 e. The van der Waals surface area contributed by atoms with Crippen LogP contribution in [0.1, 0.15) is 35.7 Å². The van der Waals surface area contributed by atoms with Crippen molar-refractivity contribution in [1.29, 1.82) is 4.78 Å². The van der Waals surface area contributed by atoms with E-state index in [9.17, 15) is 13.4 Å². The summed E-state index contributed by atoms with van der Waals surface area (Å²) >= 11 is 0. The summed E-state index contributed by atoms with van der Waals surface area (Å²) in [6, 6.07) is 19.0. The van der Waals surface area contributed by atoms with E-state index in [0.717, 1.165) is 16.7 Å². The summed E-state index contributed by atoms with van der Waals surface area (Å²) in [5, 5.41) is 2.79. The van der Waals surface area contributed by atoms with Crippen molar-refractivity contribution >= 4 is 27.0 Å². The number of carbonyl (C=O) groups excluding carboxylic acids is 1. The molecular weight excluding hydrogens is 463 g/mol. The molecule has 1 amide bonds. The Kier molecular flexibility index (Phi) is 6.66. The zero-order valence-electron chi connectivity index (χ0n) is 19.3.